The number of benzene rings is 3. The van der Waals surface area contributed by atoms with Gasteiger partial charge in [-0.05, 0) is 67.1 Å². The lowest BCUT2D eigenvalue weighted by atomic mass is 10.1. The van der Waals surface area contributed by atoms with E-state index in [9.17, 15) is 14.0 Å². The number of halogens is 2. The molecular formula is C25H17ClFNO5. The number of esters is 2. The van der Waals surface area contributed by atoms with E-state index < -0.39 is 17.8 Å². The van der Waals surface area contributed by atoms with Gasteiger partial charge in [-0.15, -0.1) is 0 Å². The fraction of sp³-hybridized carbons (Fsp3) is 0.0800. The van der Waals surface area contributed by atoms with Gasteiger partial charge in [0.1, 0.15) is 5.82 Å². The average molecular weight is 466 g/mol. The molecule has 3 aromatic carbocycles. The van der Waals surface area contributed by atoms with Crippen molar-refractivity contribution in [3.05, 3.63) is 99.5 Å². The van der Waals surface area contributed by atoms with Crippen molar-refractivity contribution >= 4 is 35.5 Å². The number of cyclic esters (lactones) is 1. The second kappa shape index (κ2) is 9.26. The van der Waals surface area contributed by atoms with Gasteiger partial charge in [-0.3, -0.25) is 0 Å². The SMILES string of the molecule is COc1cc(/C=C2\N=C(c3ccc(F)cc3)OC2=O)cc(Cl)c1OC(=O)c1ccc(C)cc1. The summed E-state index contributed by atoms with van der Waals surface area (Å²) in [6, 6.07) is 15.4. The highest BCUT2D eigenvalue weighted by Gasteiger charge is 2.25. The zero-order chi connectivity index (χ0) is 23.5. The fourth-order valence-electron chi connectivity index (χ4n) is 3.05. The molecule has 0 fully saturated rings. The maximum absolute atomic E-state index is 13.1. The number of carbonyl (C=O) groups excluding carboxylic acids is 2. The van der Waals surface area contributed by atoms with Crippen molar-refractivity contribution in [2.45, 2.75) is 6.92 Å². The third-order valence-corrected chi connectivity index (χ3v) is 5.03. The molecule has 0 saturated heterocycles. The lowest BCUT2D eigenvalue weighted by Crippen LogP contribution is -2.09. The van der Waals surface area contributed by atoms with Crippen molar-refractivity contribution in [3.63, 3.8) is 0 Å². The molecule has 33 heavy (non-hydrogen) atoms. The predicted octanol–water partition coefficient (Wildman–Crippen LogP) is 5.36. The van der Waals surface area contributed by atoms with Gasteiger partial charge < -0.3 is 14.2 Å². The highest BCUT2D eigenvalue weighted by atomic mass is 35.5. The molecule has 0 aromatic heterocycles. The van der Waals surface area contributed by atoms with E-state index in [1.165, 1.54) is 43.5 Å². The van der Waals surface area contributed by atoms with Crippen LogP contribution in [0.1, 0.15) is 27.0 Å². The van der Waals surface area contributed by atoms with Crippen LogP contribution in [-0.4, -0.2) is 24.9 Å². The van der Waals surface area contributed by atoms with Gasteiger partial charge in [0.2, 0.25) is 5.90 Å². The summed E-state index contributed by atoms with van der Waals surface area (Å²) in [5.41, 5.74) is 2.33. The number of rotatable bonds is 5. The van der Waals surface area contributed by atoms with Crippen LogP contribution in [0.15, 0.2) is 71.4 Å². The van der Waals surface area contributed by atoms with Gasteiger partial charge in [0, 0.05) is 5.56 Å². The van der Waals surface area contributed by atoms with E-state index in [1.807, 2.05) is 6.92 Å². The van der Waals surface area contributed by atoms with Crippen molar-refractivity contribution in [2.24, 2.45) is 4.99 Å². The first-order valence-corrected chi connectivity index (χ1v) is 10.2. The topological polar surface area (TPSA) is 74.2 Å². The van der Waals surface area contributed by atoms with E-state index in [0.29, 0.717) is 16.7 Å². The van der Waals surface area contributed by atoms with Gasteiger partial charge in [-0.1, -0.05) is 29.3 Å². The smallest absolute Gasteiger partial charge is 0.363 e. The third-order valence-electron chi connectivity index (χ3n) is 4.75. The van der Waals surface area contributed by atoms with E-state index in [2.05, 4.69) is 4.99 Å². The molecule has 166 valence electrons. The van der Waals surface area contributed by atoms with Gasteiger partial charge in [0.05, 0.1) is 17.7 Å². The number of aryl methyl sites for hydroxylation is 1. The van der Waals surface area contributed by atoms with Crippen molar-refractivity contribution < 1.29 is 28.2 Å². The molecular weight excluding hydrogens is 449 g/mol. The van der Waals surface area contributed by atoms with Gasteiger partial charge in [0.25, 0.3) is 0 Å². The first-order valence-electron chi connectivity index (χ1n) is 9.79. The van der Waals surface area contributed by atoms with Crippen LogP contribution >= 0.6 is 11.6 Å². The molecule has 0 bridgehead atoms. The Balaban J connectivity index is 1.61. The monoisotopic (exact) mass is 465 g/mol. The summed E-state index contributed by atoms with van der Waals surface area (Å²) in [6.45, 7) is 1.91. The molecule has 0 aliphatic carbocycles. The summed E-state index contributed by atoms with van der Waals surface area (Å²) < 4.78 is 29.1. The number of hydrogen-bond donors (Lipinski definition) is 0. The summed E-state index contributed by atoms with van der Waals surface area (Å²) in [6.07, 6.45) is 1.46. The Hall–Kier alpha value is -3.97. The molecule has 1 aliphatic heterocycles. The predicted molar refractivity (Wildman–Crippen MR) is 121 cm³/mol. The summed E-state index contributed by atoms with van der Waals surface area (Å²) in [5, 5.41) is 0.107. The van der Waals surface area contributed by atoms with Crippen LogP contribution in [0.2, 0.25) is 5.02 Å². The summed E-state index contributed by atoms with van der Waals surface area (Å²) in [7, 11) is 1.40. The molecule has 0 spiro atoms. The van der Waals surface area contributed by atoms with Crippen molar-refractivity contribution in [1.29, 1.82) is 0 Å². The first kappa shape index (κ1) is 22.2. The summed E-state index contributed by atoms with van der Waals surface area (Å²) >= 11 is 6.36. The molecule has 0 saturated carbocycles. The molecule has 6 nitrogen and oxygen atoms in total. The van der Waals surface area contributed by atoms with E-state index in [4.69, 9.17) is 25.8 Å². The van der Waals surface area contributed by atoms with Crippen LogP contribution < -0.4 is 9.47 Å². The normalized spacial score (nSPS) is 14.1. The largest absolute Gasteiger partial charge is 0.493 e. The lowest BCUT2D eigenvalue weighted by Gasteiger charge is -2.12. The van der Waals surface area contributed by atoms with E-state index in [0.717, 1.165) is 5.56 Å². The van der Waals surface area contributed by atoms with Gasteiger partial charge in [-0.25, -0.2) is 19.0 Å². The zero-order valence-corrected chi connectivity index (χ0v) is 18.4. The van der Waals surface area contributed by atoms with E-state index in [-0.39, 0.29) is 28.1 Å². The third kappa shape index (κ3) is 4.94. The van der Waals surface area contributed by atoms with Crippen LogP contribution in [0, 0.1) is 12.7 Å². The Kier molecular flexibility index (Phi) is 6.24. The standard InChI is InChI=1S/C25H17ClFNO5/c1-14-3-5-17(6-4-14)24(29)32-22-19(26)11-15(13-21(22)31-2)12-20-25(30)33-23(28-20)16-7-9-18(27)10-8-16/h3-13H,1-2H3/b20-12-. The van der Waals surface area contributed by atoms with Gasteiger partial charge in [-0.2, -0.15) is 0 Å². The maximum Gasteiger partial charge on any atom is 0.363 e. The summed E-state index contributed by atoms with van der Waals surface area (Å²) in [4.78, 5) is 28.9. The van der Waals surface area contributed by atoms with Crippen LogP contribution in [0.5, 0.6) is 11.5 Å². The number of ether oxygens (including phenoxy) is 3. The highest BCUT2D eigenvalue weighted by molar-refractivity contribution is 6.32. The molecule has 0 unspecified atom stereocenters. The van der Waals surface area contributed by atoms with Crippen LogP contribution in [-0.2, 0) is 9.53 Å². The molecule has 0 radical (unpaired) electrons. The molecule has 1 aliphatic rings. The fourth-order valence-corrected chi connectivity index (χ4v) is 3.30. The number of hydrogen-bond acceptors (Lipinski definition) is 6. The minimum atomic E-state index is -0.667. The van der Waals surface area contributed by atoms with E-state index in [1.54, 1.807) is 30.3 Å². The highest BCUT2D eigenvalue weighted by Crippen LogP contribution is 2.38. The Labute approximate surface area is 193 Å². The number of nitrogens with zero attached hydrogens (tertiary/aromatic N) is 1. The minimum absolute atomic E-state index is 0.0249. The Morgan fingerprint density at radius 3 is 2.45 bits per heavy atom. The number of carbonyl (C=O) groups is 2. The van der Waals surface area contributed by atoms with E-state index >= 15 is 0 Å². The van der Waals surface area contributed by atoms with Crippen molar-refractivity contribution in [2.75, 3.05) is 7.11 Å². The van der Waals surface area contributed by atoms with Crippen LogP contribution in [0.4, 0.5) is 4.39 Å². The average Bonchev–Trinajstić information content (AvgIpc) is 3.16. The van der Waals surface area contributed by atoms with Crippen molar-refractivity contribution in [1.82, 2.24) is 0 Å². The summed E-state index contributed by atoms with van der Waals surface area (Å²) in [5.74, 6) is -1.36. The number of methoxy groups -OCH3 is 1. The van der Waals surface area contributed by atoms with Gasteiger partial charge >= 0.3 is 11.9 Å². The van der Waals surface area contributed by atoms with Crippen molar-refractivity contribution in [3.8, 4) is 11.5 Å². The molecule has 0 atom stereocenters. The quantitative estimate of drug-likeness (QED) is 0.288. The molecule has 0 N–H and O–H groups in total. The maximum atomic E-state index is 13.1. The molecule has 4 rings (SSSR count). The second-order valence-corrected chi connectivity index (χ2v) is 7.54. The molecule has 1 heterocycles. The van der Waals surface area contributed by atoms with Gasteiger partial charge in [0.15, 0.2) is 17.2 Å². The van der Waals surface area contributed by atoms with Crippen LogP contribution in [0.25, 0.3) is 6.08 Å². The first-order chi connectivity index (χ1) is 15.8. The Bertz CT molecular complexity index is 1300. The molecule has 8 heteroatoms. The number of aliphatic imine (C=N–C) groups is 1. The minimum Gasteiger partial charge on any atom is -0.493 e. The molecule has 3 aromatic rings. The van der Waals surface area contributed by atoms with Crippen LogP contribution in [0.3, 0.4) is 0 Å². The Morgan fingerprint density at radius 1 is 1.09 bits per heavy atom. The molecule has 0 amide bonds. The zero-order valence-electron chi connectivity index (χ0n) is 17.6. The lowest BCUT2D eigenvalue weighted by molar-refractivity contribution is -0.129. The second-order valence-electron chi connectivity index (χ2n) is 7.13. The Morgan fingerprint density at radius 2 is 1.79 bits per heavy atom.